The number of hydrogen-bond acceptors (Lipinski definition) is 3. The first kappa shape index (κ1) is 15.2. The molecule has 0 fully saturated rings. The van der Waals surface area contributed by atoms with Gasteiger partial charge in [-0.25, -0.2) is 4.98 Å². The second-order valence-corrected chi connectivity index (χ2v) is 6.39. The fraction of sp³-hybridized carbons (Fsp3) is 0.471. The van der Waals surface area contributed by atoms with Gasteiger partial charge in [-0.15, -0.1) is 11.3 Å². The number of rotatable bonds is 6. The van der Waals surface area contributed by atoms with Gasteiger partial charge in [-0.05, 0) is 44.4 Å². The predicted octanol–water partition coefficient (Wildman–Crippen LogP) is 4.41. The molecule has 1 aromatic carbocycles. The normalized spacial score (nSPS) is 12.6. The number of hydrogen-bond donors (Lipinski definition) is 1. The maximum absolute atomic E-state index is 4.86. The van der Waals surface area contributed by atoms with Gasteiger partial charge in [0.1, 0.15) is 5.01 Å². The third-order valence-electron chi connectivity index (χ3n) is 3.59. The second kappa shape index (κ2) is 7.00. The number of benzene rings is 1. The zero-order valence-corrected chi connectivity index (χ0v) is 13.7. The van der Waals surface area contributed by atoms with Crippen LogP contribution in [0.4, 0.5) is 0 Å². The monoisotopic (exact) mass is 288 g/mol. The Kier molecular flexibility index (Phi) is 5.32. The zero-order chi connectivity index (χ0) is 14.5. The van der Waals surface area contributed by atoms with Crippen LogP contribution in [0.2, 0.25) is 0 Å². The molecule has 0 spiro atoms. The molecule has 2 nitrogen and oxygen atoms in total. The van der Waals surface area contributed by atoms with E-state index in [0.717, 1.165) is 19.4 Å². The highest BCUT2D eigenvalue weighted by atomic mass is 32.1. The van der Waals surface area contributed by atoms with Crippen LogP contribution in [0.3, 0.4) is 0 Å². The molecule has 1 aromatic heterocycles. The summed E-state index contributed by atoms with van der Waals surface area (Å²) < 4.78 is 0. The average molecular weight is 288 g/mol. The average Bonchev–Trinajstić information content (AvgIpc) is 2.82. The minimum absolute atomic E-state index is 0.222. The first-order valence-corrected chi connectivity index (χ1v) is 8.24. The summed E-state index contributed by atoms with van der Waals surface area (Å²) in [6.07, 6.45) is 2.14. The molecule has 108 valence electrons. The first-order chi connectivity index (χ1) is 9.67. The molecule has 3 heteroatoms. The van der Waals surface area contributed by atoms with E-state index < -0.39 is 0 Å². The zero-order valence-electron chi connectivity index (χ0n) is 12.9. The van der Waals surface area contributed by atoms with E-state index in [2.05, 4.69) is 57.3 Å². The Labute approximate surface area is 126 Å². The second-order valence-electron chi connectivity index (χ2n) is 5.15. The lowest BCUT2D eigenvalue weighted by atomic mass is 10.0. The summed E-state index contributed by atoms with van der Waals surface area (Å²) in [5, 5.41) is 4.85. The van der Waals surface area contributed by atoms with Crippen molar-refractivity contribution >= 4 is 11.3 Å². The molecule has 0 aliphatic carbocycles. The van der Waals surface area contributed by atoms with Crippen molar-refractivity contribution in [3.63, 3.8) is 0 Å². The van der Waals surface area contributed by atoms with Gasteiger partial charge in [0.25, 0.3) is 0 Å². The standard InChI is InChI=1S/C17H24N2S/c1-5-11-18-16(14-10-8-7-9-12(14)3)17-19-15(6-2)13(4)20-17/h7-10,16,18H,5-6,11H2,1-4H3. The van der Waals surface area contributed by atoms with Crippen molar-refractivity contribution in [3.8, 4) is 0 Å². The molecule has 0 radical (unpaired) electrons. The van der Waals surface area contributed by atoms with E-state index in [1.807, 2.05) is 11.3 Å². The van der Waals surface area contributed by atoms with Crippen molar-refractivity contribution in [1.82, 2.24) is 10.3 Å². The van der Waals surface area contributed by atoms with Gasteiger partial charge in [-0.2, -0.15) is 0 Å². The van der Waals surface area contributed by atoms with Crippen LogP contribution < -0.4 is 5.32 Å². The molecule has 0 amide bonds. The van der Waals surface area contributed by atoms with Crippen molar-refractivity contribution in [1.29, 1.82) is 0 Å². The summed E-state index contributed by atoms with van der Waals surface area (Å²) in [5.41, 5.74) is 3.91. The molecule has 2 aromatic rings. The highest BCUT2D eigenvalue weighted by molar-refractivity contribution is 7.11. The quantitative estimate of drug-likeness (QED) is 0.851. The molecule has 0 aliphatic rings. The molecule has 1 unspecified atom stereocenters. The predicted molar refractivity (Wildman–Crippen MR) is 87.5 cm³/mol. The summed E-state index contributed by atoms with van der Waals surface area (Å²) in [6.45, 7) is 9.74. The lowest BCUT2D eigenvalue weighted by Gasteiger charge is -2.18. The van der Waals surface area contributed by atoms with Gasteiger partial charge in [0.05, 0.1) is 11.7 Å². The third kappa shape index (κ3) is 3.28. The first-order valence-electron chi connectivity index (χ1n) is 7.42. The maximum Gasteiger partial charge on any atom is 0.115 e. The smallest absolute Gasteiger partial charge is 0.115 e. The van der Waals surface area contributed by atoms with Crippen LogP contribution in [0.15, 0.2) is 24.3 Å². The Morgan fingerprint density at radius 3 is 2.55 bits per heavy atom. The van der Waals surface area contributed by atoms with Gasteiger partial charge < -0.3 is 5.32 Å². The lowest BCUT2D eigenvalue weighted by Crippen LogP contribution is -2.23. The summed E-state index contributed by atoms with van der Waals surface area (Å²) in [6, 6.07) is 8.83. The molecule has 1 atom stereocenters. The SMILES string of the molecule is CCCNC(c1nc(CC)c(C)s1)c1ccccc1C. The number of nitrogens with one attached hydrogen (secondary N) is 1. The summed E-state index contributed by atoms with van der Waals surface area (Å²) in [5.74, 6) is 0. The van der Waals surface area contributed by atoms with E-state index in [-0.39, 0.29) is 6.04 Å². The number of thiazole rings is 1. The molecule has 0 aliphatic heterocycles. The summed E-state index contributed by atoms with van der Waals surface area (Å²) in [4.78, 5) is 6.20. The molecule has 0 saturated carbocycles. The number of aromatic nitrogens is 1. The topological polar surface area (TPSA) is 24.9 Å². The van der Waals surface area contributed by atoms with E-state index in [1.165, 1.54) is 26.7 Å². The van der Waals surface area contributed by atoms with Crippen LogP contribution >= 0.6 is 11.3 Å². The van der Waals surface area contributed by atoms with Gasteiger partial charge in [0.2, 0.25) is 0 Å². The van der Waals surface area contributed by atoms with Crippen LogP contribution in [0.5, 0.6) is 0 Å². The Morgan fingerprint density at radius 2 is 1.95 bits per heavy atom. The molecule has 1 heterocycles. The number of nitrogens with zero attached hydrogens (tertiary/aromatic N) is 1. The Morgan fingerprint density at radius 1 is 1.20 bits per heavy atom. The minimum atomic E-state index is 0.222. The molecule has 20 heavy (non-hydrogen) atoms. The molecule has 0 saturated heterocycles. The molecular formula is C17H24N2S. The van der Waals surface area contributed by atoms with Crippen LogP contribution in [0, 0.1) is 13.8 Å². The molecule has 0 bridgehead atoms. The Bertz CT molecular complexity index is 560. The van der Waals surface area contributed by atoms with Gasteiger partial charge in [-0.1, -0.05) is 38.1 Å². The van der Waals surface area contributed by atoms with Crippen LogP contribution in [-0.2, 0) is 6.42 Å². The van der Waals surface area contributed by atoms with Crippen molar-refractivity contribution in [3.05, 3.63) is 51.0 Å². The van der Waals surface area contributed by atoms with Gasteiger partial charge in [-0.3, -0.25) is 0 Å². The Hall–Kier alpha value is -1.19. The van der Waals surface area contributed by atoms with Crippen LogP contribution in [0.25, 0.3) is 0 Å². The Balaban J connectivity index is 2.39. The van der Waals surface area contributed by atoms with E-state index in [1.54, 1.807) is 0 Å². The fourth-order valence-corrected chi connectivity index (χ4v) is 3.54. The van der Waals surface area contributed by atoms with E-state index >= 15 is 0 Å². The molecular weight excluding hydrogens is 264 g/mol. The maximum atomic E-state index is 4.86. The van der Waals surface area contributed by atoms with Gasteiger partial charge in [0, 0.05) is 4.88 Å². The van der Waals surface area contributed by atoms with Crippen LogP contribution in [0.1, 0.15) is 53.0 Å². The fourth-order valence-electron chi connectivity index (χ4n) is 2.43. The molecule has 2 rings (SSSR count). The third-order valence-corrected chi connectivity index (χ3v) is 4.67. The summed E-state index contributed by atoms with van der Waals surface area (Å²) >= 11 is 1.83. The van der Waals surface area contributed by atoms with Gasteiger partial charge >= 0.3 is 0 Å². The van der Waals surface area contributed by atoms with Crippen molar-refractivity contribution in [2.45, 2.75) is 46.6 Å². The largest absolute Gasteiger partial charge is 0.304 e. The molecule has 1 N–H and O–H groups in total. The van der Waals surface area contributed by atoms with Crippen LogP contribution in [-0.4, -0.2) is 11.5 Å². The van der Waals surface area contributed by atoms with Crippen molar-refractivity contribution in [2.24, 2.45) is 0 Å². The minimum Gasteiger partial charge on any atom is -0.304 e. The van der Waals surface area contributed by atoms with Crippen molar-refractivity contribution < 1.29 is 0 Å². The lowest BCUT2D eigenvalue weighted by molar-refractivity contribution is 0.592. The van der Waals surface area contributed by atoms with E-state index in [0.29, 0.717) is 0 Å². The van der Waals surface area contributed by atoms with E-state index in [9.17, 15) is 0 Å². The van der Waals surface area contributed by atoms with Gasteiger partial charge in [0.15, 0.2) is 0 Å². The highest BCUT2D eigenvalue weighted by Gasteiger charge is 2.19. The van der Waals surface area contributed by atoms with E-state index in [4.69, 9.17) is 4.98 Å². The number of aryl methyl sites for hydroxylation is 3. The van der Waals surface area contributed by atoms with Crippen molar-refractivity contribution in [2.75, 3.05) is 6.54 Å². The summed E-state index contributed by atoms with van der Waals surface area (Å²) in [7, 11) is 0. The highest BCUT2D eigenvalue weighted by Crippen LogP contribution is 2.30.